The van der Waals surface area contributed by atoms with E-state index in [1.807, 2.05) is 12.1 Å². The van der Waals surface area contributed by atoms with Crippen LogP contribution in [-0.2, 0) is 20.6 Å². The summed E-state index contributed by atoms with van der Waals surface area (Å²) in [5, 5.41) is 1.09. The third kappa shape index (κ3) is 4.00. The third-order valence-electron chi connectivity index (χ3n) is 2.91. The number of hydrogen-bond acceptors (Lipinski definition) is 4. The molecule has 1 aliphatic rings. The number of carbonyl (C=O) groups excluding carboxylic acids is 1. The maximum Gasteiger partial charge on any atom is 0.510 e. The maximum absolute atomic E-state index is 11.0. The van der Waals surface area contributed by atoms with E-state index in [1.165, 1.54) is 7.11 Å². The molecular weight excluding hydrogens is 291 g/mol. The summed E-state index contributed by atoms with van der Waals surface area (Å²) in [6.07, 6.45) is 1.54. The predicted octanol–water partition coefficient (Wildman–Crippen LogP) is 3.83. The van der Waals surface area contributed by atoms with Crippen molar-refractivity contribution < 1.29 is 19.0 Å². The van der Waals surface area contributed by atoms with Crippen LogP contribution in [0.25, 0.3) is 0 Å². The van der Waals surface area contributed by atoms with E-state index in [1.54, 1.807) is 6.07 Å². The molecule has 0 aromatic heterocycles. The van der Waals surface area contributed by atoms with Crippen LogP contribution in [0.3, 0.4) is 0 Å². The van der Waals surface area contributed by atoms with E-state index in [0.717, 1.165) is 18.4 Å². The molecule has 1 aromatic carbocycles. The fourth-order valence-corrected chi connectivity index (χ4v) is 2.11. The Kier molecular flexibility index (Phi) is 4.55. The molecule has 1 fully saturated rings. The molecule has 0 aliphatic carbocycles. The molecule has 104 valence electrons. The molecule has 0 bridgehead atoms. The number of halogens is 2. The number of ether oxygens (including phenoxy) is 3. The van der Waals surface area contributed by atoms with Gasteiger partial charge in [0.1, 0.15) is 6.61 Å². The largest absolute Gasteiger partial charge is 0.510 e. The van der Waals surface area contributed by atoms with E-state index in [2.05, 4.69) is 4.74 Å². The van der Waals surface area contributed by atoms with Crippen LogP contribution in [0.1, 0.15) is 18.4 Å². The van der Waals surface area contributed by atoms with E-state index in [4.69, 9.17) is 32.7 Å². The first-order valence-corrected chi connectivity index (χ1v) is 6.65. The summed E-state index contributed by atoms with van der Waals surface area (Å²) >= 11 is 11.8. The van der Waals surface area contributed by atoms with Crippen molar-refractivity contribution in [2.45, 2.75) is 25.0 Å². The van der Waals surface area contributed by atoms with Gasteiger partial charge >= 0.3 is 6.16 Å². The highest BCUT2D eigenvalue weighted by Crippen LogP contribution is 2.34. The van der Waals surface area contributed by atoms with Crippen molar-refractivity contribution in [3.8, 4) is 0 Å². The second kappa shape index (κ2) is 5.99. The van der Waals surface area contributed by atoms with Crippen LogP contribution in [0.15, 0.2) is 18.2 Å². The van der Waals surface area contributed by atoms with Gasteiger partial charge in [0, 0.05) is 6.42 Å². The third-order valence-corrected chi connectivity index (χ3v) is 3.65. The minimum absolute atomic E-state index is 0.420. The molecule has 1 aromatic rings. The Labute approximate surface area is 121 Å². The first-order chi connectivity index (χ1) is 9.04. The summed E-state index contributed by atoms with van der Waals surface area (Å²) < 4.78 is 14.7. The van der Waals surface area contributed by atoms with Gasteiger partial charge in [-0.25, -0.2) is 4.79 Å². The van der Waals surface area contributed by atoms with Crippen molar-refractivity contribution in [2.24, 2.45) is 0 Å². The molecule has 0 amide bonds. The lowest BCUT2D eigenvalue weighted by atomic mass is 10.1. The molecule has 1 saturated heterocycles. The first-order valence-electron chi connectivity index (χ1n) is 5.89. The minimum atomic E-state index is -0.788. The molecule has 19 heavy (non-hydrogen) atoms. The molecule has 1 aliphatic heterocycles. The van der Waals surface area contributed by atoms with Gasteiger partial charge in [-0.1, -0.05) is 29.3 Å². The number of benzene rings is 1. The van der Waals surface area contributed by atoms with Gasteiger partial charge in [-0.15, -0.1) is 0 Å². The zero-order chi connectivity index (χ0) is 13.9. The molecule has 0 spiro atoms. The summed E-state index contributed by atoms with van der Waals surface area (Å²) in [5.74, 6) is -0.788. The molecule has 1 unspecified atom stereocenters. The first kappa shape index (κ1) is 14.4. The number of methoxy groups -OCH3 is 1. The van der Waals surface area contributed by atoms with Crippen molar-refractivity contribution in [3.63, 3.8) is 0 Å². The quantitative estimate of drug-likeness (QED) is 0.613. The van der Waals surface area contributed by atoms with E-state index in [-0.39, 0.29) is 0 Å². The predicted molar refractivity (Wildman–Crippen MR) is 71.6 cm³/mol. The summed E-state index contributed by atoms with van der Waals surface area (Å²) in [7, 11) is 1.27. The van der Waals surface area contributed by atoms with Crippen LogP contribution in [0.4, 0.5) is 4.79 Å². The fourth-order valence-electron chi connectivity index (χ4n) is 1.79. The number of rotatable bonds is 5. The summed E-state index contributed by atoms with van der Waals surface area (Å²) in [6.45, 7) is 0.420. The van der Waals surface area contributed by atoms with Crippen LogP contribution in [-0.4, -0.2) is 25.7 Å². The monoisotopic (exact) mass is 304 g/mol. The van der Waals surface area contributed by atoms with Crippen molar-refractivity contribution in [1.82, 2.24) is 0 Å². The molecule has 2 rings (SSSR count). The average Bonchev–Trinajstić information content (AvgIpc) is 3.13. The van der Waals surface area contributed by atoms with Gasteiger partial charge in [-0.3, -0.25) is 0 Å². The lowest BCUT2D eigenvalue weighted by Gasteiger charge is -2.12. The standard InChI is InChI=1S/C13H14Cl2O4/c1-17-12(16)19-13(8-18-13)6-2-3-9-4-5-10(14)11(15)7-9/h4-5,7H,2-3,6,8H2,1H3. The van der Waals surface area contributed by atoms with Crippen LogP contribution in [0.5, 0.6) is 0 Å². The fraction of sp³-hybridized carbons (Fsp3) is 0.462. The number of carbonyl (C=O) groups is 1. The normalized spacial score (nSPS) is 21.0. The second-order valence-electron chi connectivity index (χ2n) is 4.36. The van der Waals surface area contributed by atoms with Crippen LogP contribution in [0.2, 0.25) is 10.0 Å². The molecule has 0 saturated carbocycles. The molecule has 6 heteroatoms. The lowest BCUT2D eigenvalue weighted by Crippen LogP contribution is -2.21. The van der Waals surface area contributed by atoms with Crippen molar-refractivity contribution in [2.75, 3.05) is 13.7 Å². The minimum Gasteiger partial charge on any atom is -0.438 e. The molecule has 4 nitrogen and oxygen atoms in total. The zero-order valence-corrected chi connectivity index (χ0v) is 12.0. The van der Waals surface area contributed by atoms with Gasteiger partial charge in [-0.2, -0.15) is 0 Å². The topological polar surface area (TPSA) is 48.1 Å². The highest BCUT2D eigenvalue weighted by atomic mass is 35.5. The highest BCUT2D eigenvalue weighted by molar-refractivity contribution is 6.42. The van der Waals surface area contributed by atoms with Crippen molar-refractivity contribution in [1.29, 1.82) is 0 Å². The summed E-state index contributed by atoms with van der Waals surface area (Å²) in [6, 6.07) is 5.54. The Morgan fingerprint density at radius 3 is 2.74 bits per heavy atom. The SMILES string of the molecule is COC(=O)OC1(CCCc2ccc(Cl)c(Cl)c2)CO1. The number of aryl methyl sites for hydroxylation is 1. The van der Waals surface area contributed by atoms with Gasteiger partial charge in [0.2, 0.25) is 5.79 Å². The molecule has 1 atom stereocenters. The Balaban J connectivity index is 1.80. The van der Waals surface area contributed by atoms with Gasteiger partial charge in [-0.05, 0) is 30.5 Å². The van der Waals surface area contributed by atoms with Gasteiger partial charge in [0.25, 0.3) is 0 Å². The van der Waals surface area contributed by atoms with Gasteiger partial charge in [0.05, 0.1) is 17.2 Å². The summed E-state index contributed by atoms with van der Waals surface area (Å²) in [5.41, 5.74) is 1.09. The average molecular weight is 305 g/mol. The van der Waals surface area contributed by atoms with Crippen LogP contribution < -0.4 is 0 Å². The Hall–Kier alpha value is -0.970. The van der Waals surface area contributed by atoms with Crippen LogP contribution in [0, 0.1) is 0 Å². The Morgan fingerprint density at radius 1 is 1.42 bits per heavy atom. The molecule has 0 N–H and O–H groups in total. The second-order valence-corrected chi connectivity index (χ2v) is 5.17. The van der Waals surface area contributed by atoms with Crippen molar-refractivity contribution in [3.05, 3.63) is 33.8 Å². The maximum atomic E-state index is 11.0. The van der Waals surface area contributed by atoms with Crippen molar-refractivity contribution >= 4 is 29.4 Å². The number of epoxide rings is 1. The Morgan fingerprint density at radius 2 is 2.16 bits per heavy atom. The van der Waals surface area contributed by atoms with Crippen LogP contribution >= 0.6 is 23.2 Å². The van der Waals surface area contributed by atoms with E-state index in [9.17, 15) is 4.79 Å². The van der Waals surface area contributed by atoms with Gasteiger partial charge in [0.15, 0.2) is 0 Å². The molecule has 0 radical (unpaired) electrons. The zero-order valence-electron chi connectivity index (χ0n) is 10.4. The molecule has 1 heterocycles. The van der Waals surface area contributed by atoms with Gasteiger partial charge < -0.3 is 14.2 Å². The molecular formula is C13H14Cl2O4. The van der Waals surface area contributed by atoms with E-state index >= 15 is 0 Å². The Bertz CT molecular complexity index is 472. The lowest BCUT2D eigenvalue weighted by molar-refractivity contribution is -0.0320. The summed E-state index contributed by atoms with van der Waals surface area (Å²) in [4.78, 5) is 11.0. The highest BCUT2D eigenvalue weighted by Gasteiger charge is 2.49. The smallest absolute Gasteiger partial charge is 0.438 e. The van der Waals surface area contributed by atoms with E-state index < -0.39 is 11.9 Å². The van der Waals surface area contributed by atoms with E-state index in [0.29, 0.717) is 23.1 Å². The number of hydrogen-bond donors (Lipinski definition) is 0.